The van der Waals surface area contributed by atoms with Gasteiger partial charge in [-0.15, -0.1) is 0 Å². The SMILES string of the molecule is Cc1ccc(CNCC2COCC2N)o1. The van der Waals surface area contributed by atoms with Gasteiger partial charge >= 0.3 is 0 Å². The van der Waals surface area contributed by atoms with Crippen LogP contribution in [0.25, 0.3) is 0 Å². The average Bonchev–Trinajstić information content (AvgIpc) is 2.77. The molecule has 0 radical (unpaired) electrons. The van der Waals surface area contributed by atoms with E-state index in [1.165, 1.54) is 0 Å². The summed E-state index contributed by atoms with van der Waals surface area (Å²) in [6, 6.07) is 4.14. The van der Waals surface area contributed by atoms with Crippen LogP contribution < -0.4 is 11.1 Å². The zero-order valence-corrected chi connectivity index (χ0v) is 9.03. The minimum atomic E-state index is 0.177. The summed E-state index contributed by atoms with van der Waals surface area (Å²) in [6.07, 6.45) is 0. The standard InChI is InChI=1S/C11H18N2O2/c1-8-2-3-10(15-8)5-13-4-9-6-14-7-11(9)12/h2-3,9,11,13H,4-7,12H2,1H3. The molecule has 1 aliphatic rings. The Labute approximate surface area is 89.8 Å². The third-order valence-electron chi connectivity index (χ3n) is 2.75. The van der Waals surface area contributed by atoms with E-state index in [-0.39, 0.29) is 6.04 Å². The first kappa shape index (κ1) is 10.7. The van der Waals surface area contributed by atoms with Crippen LogP contribution in [0.5, 0.6) is 0 Å². The third kappa shape index (κ3) is 2.81. The van der Waals surface area contributed by atoms with Gasteiger partial charge in [0, 0.05) is 18.5 Å². The molecule has 4 heteroatoms. The lowest BCUT2D eigenvalue weighted by atomic mass is 10.1. The first-order valence-electron chi connectivity index (χ1n) is 5.35. The lowest BCUT2D eigenvalue weighted by Crippen LogP contribution is -2.35. The number of nitrogens with two attached hydrogens (primary N) is 1. The monoisotopic (exact) mass is 210 g/mol. The van der Waals surface area contributed by atoms with Crippen molar-refractivity contribution in [3.63, 3.8) is 0 Å². The van der Waals surface area contributed by atoms with Crippen molar-refractivity contribution >= 4 is 0 Å². The van der Waals surface area contributed by atoms with Crippen molar-refractivity contribution < 1.29 is 9.15 Å². The van der Waals surface area contributed by atoms with Crippen molar-refractivity contribution in [2.45, 2.75) is 19.5 Å². The van der Waals surface area contributed by atoms with Crippen molar-refractivity contribution in [3.05, 3.63) is 23.7 Å². The van der Waals surface area contributed by atoms with Gasteiger partial charge in [-0.3, -0.25) is 0 Å². The molecule has 0 aliphatic carbocycles. The summed E-state index contributed by atoms with van der Waals surface area (Å²) in [5.41, 5.74) is 5.87. The molecular formula is C11H18N2O2. The van der Waals surface area contributed by atoms with Gasteiger partial charge in [-0.05, 0) is 19.1 Å². The van der Waals surface area contributed by atoms with E-state index in [0.717, 1.165) is 31.2 Å². The molecule has 2 rings (SSSR count). The molecule has 1 aliphatic heterocycles. The van der Waals surface area contributed by atoms with Gasteiger partial charge in [0.25, 0.3) is 0 Å². The van der Waals surface area contributed by atoms with E-state index in [9.17, 15) is 0 Å². The van der Waals surface area contributed by atoms with E-state index in [1.54, 1.807) is 0 Å². The van der Waals surface area contributed by atoms with E-state index in [2.05, 4.69) is 5.32 Å². The number of nitrogens with one attached hydrogen (secondary N) is 1. The minimum absolute atomic E-state index is 0.177. The Hall–Kier alpha value is -0.840. The summed E-state index contributed by atoms with van der Waals surface area (Å²) in [6.45, 7) is 5.06. The Morgan fingerprint density at radius 3 is 2.93 bits per heavy atom. The first-order valence-corrected chi connectivity index (χ1v) is 5.35. The van der Waals surface area contributed by atoms with Crippen molar-refractivity contribution in [1.82, 2.24) is 5.32 Å². The van der Waals surface area contributed by atoms with Crippen LogP contribution in [0.4, 0.5) is 0 Å². The highest BCUT2D eigenvalue weighted by Crippen LogP contribution is 2.11. The second-order valence-electron chi connectivity index (χ2n) is 4.10. The summed E-state index contributed by atoms with van der Waals surface area (Å²) >= 11 is 0. The van der Waals surface area contributed by atoms with Crippen molar-refractivity contribution in [1.29, 1.82) is 0 Å². The van der Waals surface area contributed by atoms with Crippen LogP contribution in [-0.2, 0) is 11.3 Å². The maximum absolute atomic E-state index is 5.87. The molecular weight excluding hydrogens is 192 g/mol. The Bertz CT molecular complexity index is 311. The molecule has 1 saturated heterocycles. The second kappa shape index (κ2) is 4.79. The van der Waals surface area contributed by atoms with Gasteiger partial charge in [-0.2, -0.15) is 0 Å². The predicted molar refractivity (Wildman–Crippen MR) is 57.4 cm³/mol. The van der Waals surface area contributed by atoms with Gasteiger partial charge in [0.15, 0.2) is 0 Å². The highest BCUT2D eigenvalue weighted by Gasteiger charge is 2.24. The van der Waals surface area contributed by atoms with Crippen LogP contribution in [0.2, 0.25) is 0 Å². The van der Waals surface area contributed by atoms with Crippen LogP contribution in [0, 0.1) is 12.8 Å². The van der Waals surface area contributed by atoms with Crippen LogP contribution in [0.15, 0.2) is 16.5 Å². The molecule has 1 aromatic rings. The summed E-state index contributed by atoms with van der Waals surface area (Å²) in [4.78, 5) is 0. The van der Waals surface area contributed by atoms with Crippen molar-refractivity contribution in [3.8, 4) is 0 Å². The van der Waals surface area contributed by atoms with Gasteiger partial charge in [0.2, 0.25) is 0 Å². The van der Waals surface area contributed by atoms with Gasteiger partial charge < -0.3 is 20.2 Å². The fraction of sp³-hybridized carbons (Fsp3) is 0.636. The minimum Gasteiger partial charge on any atom is -0.465 e. The van der Waals surface area contributed by atoms with Crippen molar-refractivity contribution in [2.24, 2.45) is 11.7 Å². The number of rotatable bonds is 4. The van der Waals surface area contributed by atoms with Crippen LogP contribution in [0.1, 0.15) is 11.5 Å². The molecule has 0 saturated carbocycles. The molecule has 1 fully saturated rings. The molecule has 0 amide bonds. The van der Waals surface area contributed by atoms with Crippen LogP contribution >= 0.6 is 0 Å². The van der Waals surface area contributed by atoms with Crippen LogP contribution in [-0.4, -0.2) is 25.8 Å². The lowest BCUT2D eigenvalue weighted by molar-refractivity contribution is 0.183. The van der Waals surface area contributed by atoms with E-state index >= 15 is 0 Å². The van der Waals surface area contributed by atoms with Gasteiger partial charge in [-0.25, -0.2) is 0 Å². The van der Waals surface area contributed by atoms with Gasteiger partial charge in [-0.1, -0.05) is 0 Å². The number of ether oxygens (including phenoxy) is 1. The first-order chi connectivity index (χ1) is 7.25. The van der Waals surface area contributed by atoms with E-state index in [0.29, 0.717) is 12.5 Å². The molecule has 2 heterocycles. The number of hydrogen-bond donors (Lipinski definition) is 2. The zero-order chi connectivity index (χ0) is 10.7. The summed E-state index contributed by atoms with van der Waals surface area (Å²) in [5.74, 6) is 2.36. The maximum Gasteiger partial charge on any atom is 0.117 e. The molecule has 3 N–H and O–H groups in total. The van der Waals surface area contributed by atoms with Gasteiger partial charge in [0.05, 0.1) is 19.8 Å². The summed E-state index contributed by atoms with van der Waals surface area (Å²) < 4.78 is 10.7. The Kier molecular flexibility index (Phi) is 3.41. The average molecular weight is 210 g/mol. The highest BCUT2D eigenvalue weighted by molar-refractivity contribution is 5.05. The topological polar surface area (TPSA) is 60.4 Å². The fourth-order valence-corrected chi connectivity index (χ4v) is 1.79. The Morgan fingerprint density at radius 2 is 2.33 bits per heavy atom. The molecule has 84 valence electrons. The summed E-state index contributed by atoms with van der Waals surface area (Å²) in [5, 5.41) is 3.33. The number of aryl methyl sites for hydroxylation is 1. The molecule has 0 bridgehead atoms. The van der Waals surface area contributed by atoms with E-state index < -0.39 is 0 Å². The summed E-state index contributed by atoms with van der Waals surface area (Å²) in [7, 11) is 0. The zero-order valence-electron chi connectivity index (χ0n) is 9.03. The smallest absolute Gasteiger partial charge is 0.117 e. The fourth-order valence-electron chi connectivity index (χ4n) is 1.79. The number of furan rings is 1. The third-order valence-corrected chi connectivity index (χ3v) is 2.75. The van der Waals surface area contributed by atoms with E-state index in [4.69, 9.17) is 14.9 Å². The van der Waals surface area contributed by atoms with Crippen molar-refractivity contribution in [2.75, 3.05) is 19.8 Å². The Balaban J connectivity index is 1.70. The molecule has 2 atom stereocenters. The normalized spacial score (nSPS) is 26.0. The molecule has 15 heavy (non-hydrogen) atoms. The molecule has 2 unspecified atom stereocenters. The van der Waals surface area contributed by atoms with E-state index in [1.807, 2.05) is 19.1 Å². The molecule has 0 spiro atoms. The van der Waals surface area contributed by atoms with Crippen LogP contribution in [0.3, 0.4) is 0 Å². The second-order valence-corrected chi connectivity index (χ2v) is 4.10. The Morgan fingerprint density at radius 1 is 1.47 bits per heavy atom. The lowest BCUT2D eigenvalue weighted by Gasteiger charge is -2.12. The molecule has 4 nitrogen and oxygen atoms in total. The highest BCUT2D eigenvalue weighted by atomic mass is 16.5. The predicted octanol–water partition coefficient (Wildman–Crippen LogP) is 0.651. The largest absolute Gasteiger partial charge is 0.465 e. The van der Waals surface area contributed by atoms with Gasteiger partial charge in [0.1, 0.15) is 11.5 Å². The quantitative estimate of drug-likeness (QED) is 0.766. The molecule has 1 aromatic heterocycles. The number of hydrogen-bond acceptors (Lipinski definition) is 4. The molecule has 0 aromatic carbocycles. The maximum atomic E-state index is 5.87.